The lowest BCUT2D eigenvalue weighted by Crippen LogP contribution is -2.31. The lowest BCUT2D eigenvalue weighted by molar-refractivity contribution is 0.0858. The van der Waals surface area contributed by atoms with Crippen LogP contribution in [0.5, 0.6) is 0 Å². The number of carbonyl (C=O) groups excluding carboxylic acids is 1. The number of aryl methyl sites for hydroxylation is 1. The van der Waals surface area contributed by atoms with Gasteiger partial charge in [0.15, 0.2) is 4.96 Å². The minimum absolute atomic E-state index is 0.0521. The van der Waals surface area contributed by atoms with Crippen LogP contribution in [0.25, 0.3) is 26.4 Å². The van der Waals surface area contributed by atoms with Gasteiger partial charge in [-0.3, -0.25) is 9.20 Å². The normalized spacial score (nSPS) is 16.8. The van der Waals surface area contributed by atoms with E-state index in [4.69, 9.17) is 9.72 Å². The highest BCUT2D eigenvalue weighted by Crippen LogP contribution is 2.30. The molecule has 1 amide bonds. The minimum Gasteiger partial charge on any atom is -0.376 e. The number of imidazole rings is 1. The van der Waals surface area contributed by atoms with E-state index in [1.54, 1.807) is 11.3 Å². The molecule has 1 aliphatic heterocycles. The van der Waals surface area contributed by atoms with Gasteiger partial charge in [-0.05, 0) is 38.0 Å². The molecule has 3 heterocycles. The van der Waals surface area contributed by atoms with E-state index < -0.39 is 0 Å². The number of carbonyl (C=O) groups is 1. The Bertz CT molecular complexity index is 1150. The first kappa shape index (κ1) is 17.4. The molecule has 1 aliphatic rings. The second-order valence-electron chi connectivity index (χ2n) is 7.27. The fourth-order valence-electron chi connectivity index (χ4n) is 3.62. The van der Waals surface area contributed by atoms with Gasteiger partial charge in [-0.1, -0.05) is 41.2 Å². The minimum atomic E-state index is -0.0521. The summed E-state index contributed by atoms with van der Waals surface area (Å²) in [7, 11) is 0. The Kier molecular flexibility index (Phi) is 4.37. The molecule has 142 valence electrons. The summed E-state index contributed by atoms with van der Waals surface area (Å²) in [4.78, 5) is 18.2. The molecule has 2 aromatic heterocycles. The summed E-state index contributed by atoms with van der Waals surface area (Å²) in [6.07, 6.45) is 4.31. The Labute approximate surface area is 167 Å². The van der Waals surface area contributed by atoms with Crippen molar-refractivity contribution in [2.75, 3.05) is 13.2 Å². The van der Waals surface area contributed by atoms with Gasteiger partial charge < -0.3 is 10.1 Å². The molecule has 5 nitrogen and oxygen atoms in total. The number of hydrogen-bond acceptors (Lipinski definition) is 4. The fourth-order valence-corrected chi connectivity index (χ4v) is 4.67. The smallest absolute Gasteiger partial charge is 0.251 e. The van der Waals surface area contributed by atoms with Crippen molar-refractivity contribution in [3.63, 3.8) is 0 Å². The number of amides is 1. The Hall–Kier alpha value is -2.70. The molecule has 1 atom stereocenters. The van der Waals surface area contributed by atoms with Crippen molar-refractivity contribution in [2.24, 2.45) is 0 Å². The molecule has 2 aromatic carbocycles. The quantitative estimate of drug-likeness (QED) is 0.560. The van der Waals surface area contributed by atoms with Crippen LogP contribution in [0.3, 0.4) is 0 Å². The van der Waals surface area contributed by atoms with Crippen LogP contribution in [-0.2, 0) is 4.74 Å². The van der Waals surface area contributed by atoms with E-state index in [0.717, 1.165) is 45.9 Å². The van der Waals surface area contributed by atoms with Crippen molar-refractivity contribution in [2.45, 2.75) is 25.9 Å². The van der Waals surface area contributed by atoms with E-state index in [0.29, 0.717) is 12.1 Å². The lowest BCUT2D eigenvalue weighted by Gasteiger charge is -2.10. The predicted molar refractivity (Wildman–Crippen MR) is 112 cm³/mol. The maximum absolute atomic E-state index is 12.5. The summed E-state index contributed by atoms with van der Waals surface area (Å²) < 4.78 is 8.73. The summed E-state index contributed by atoms with van der Waals surface area (Å²) in [6, 6.07) is 14.2. The van der Waals surface area contributed by atoms with Crippen LogP contribution < -0.4 is 5.32 Å². The van der Waals surface area contributed by atoms with Crippen LogP contribution in [0.2, 0.25) is 0 Å². The topological polar surface area (TPSA) is 55.6 Å². The second-order valence-corrected chi connectivity index (χ2v) is 8.28. The van der Waals surface area contributed by atoms with Crippen molar-refractivity contribution in [3.05, 3.63) is 59.8 Å². The number of nitrogens with one attached hydrogen (secondary N) is 1. The first-order valence-electron chi connectivity index (χ1n) is 9.56. The molecular weight excluding hydrogens is 370 g/mol. The van der Waals surface area contributed by atoms with Crippen LogP contribution >= 0.6 is 11.3 Å². The van der Waals surface area contributed by atoms with Gasteiger partial charge in [0.2, 0.25) is 0 Å². The molecular formula is C22H21N3O2S. The van der Waals surface area contributed by atoms with Gasteiger partial charge in [-0.2, -0.15) is 0 Å². The molecule has 5 rings (SSSR count). The van der Waals surface area contributed by atoms with Crippen LogP contribution in [0, 0.1) is 6.92 Å². The average Bonchev–Trinajstić information content (AvgIpc) is 3.42. The lowest BCUT2D eigenvalue weighted by atomic mass is 10.1. The zero-order chi connectivity index (χ0) is 19.1. The monoisotopic (exact) mass is 391 g/mol. The number of ether oxygens (including phenoxy) is 1. The molecule has 0 saturated carbocycles. The molecule has 1 saturated heterocycles. The number of benzene rings is 2. The third-order valence-electron chi connectivity index (χ3n) is 5.22. The molecule has 4 aromatic rings. The summed E-state index contributed by atoms with van der Waals surface area (Å²) in [5, 5.41) is 2.99. The van der Waals surface area contributed by atoms with Gasteiger partial charge in [0.25, 0.3) is 5.91 Å². The molecule has 6 heteroatoms. The summed E-state index contributed by atoms with van der Waals surface area (Å²) >= 11 is 1.60. The van der Waals surface area contributed by atoms with Crippen molar-refractivity contribution in [1.29, 1.82) is 0 Å². The Morgan fingerprint density at radius 2 is 2.14 bits per heavy atom. The predicted octanol–water partition coefficient (Wildman–Crippen LogP) is 4.43. The Balaban J connectivity index is 1.41. The van der Waals surface area contributed by atoms with E-state index in [1.807, 2.05) is 18.2 Å². The van der Waals surface area contributed by atoms with Crippen LogP contribution in [0.1, 0.15) is 28.8 Å². The zero-order valence-corrected chi connectivity index (χ0v) is 16.5. The standard InChI is InChI=1S/C22H21N3O2S/c1-14-4-6-15(7-5-14)18-13-25-19-9-8-16(11-20(19)28-22(25)24-18)21(26)23-12-17-3-2-10-27-17/h4-9,11,13,17H,2-3,10,12H2,1H3,(H,23,26). The summed E-state index contributed by atoms with van der Waals surface area (Å²) in [6.45, 7) is 3.45. The average molecular weight is 391 g/mol. The number of aromatic nitrogens is 2. The number of hydrogen-bond donors (Lipinski definition) is 1. The van der Waals surface area contributed by atoms with Gasteiger partial charge in [0.05, 0.1) is 22.0 Å². The molecule has 0 radical (unpaired) electrons. The van der Waals surface area contributed by atoms with Crippen molar-refractivity contribution in [1.82, 2.24) is 14.7 Å². The van der Waals surface area contributed by atoms with E-state index in [1.165, 1.54) is 5.56 Å². The van der Waals surface area contributed by atoms with Crippen LogP contribution in [0.15, 0.2) is 48.7 Å². The highest BCUT2D eigenvalue weighted by molar-refractivity contribution is 7.23. The number of nitrogens with zero attached hydrogens (tertiary/aromatic N) is 2. The first-order valence-corrected chi connectivity index (χ1v) is 10.4. The molecule has 0 spiro atoms. The SMILES string of the molecule is Cc1ccc(-c2cn3c(n2)sc2cc(C(=O)NCC4CCCO4)ccc23)cc1. The summed E-state index contributed by atoms with van der Waals surface area (Å²) in [5.74, 6) is -0.0521. The van der Waals surface area contributed by atoms with E-state index in [2.05, 4.69) is 47.1 Å². The second kappa shape index (κ2) is 7.04. The maximum Gasteiger partial charge on any atom is 0.251 e. The third-order valence-corrected chi connectivity index (χ3v) is 6.24. The molecule has 28 heavy (non-hydrogen) atoms. The highest BCUT2D eigenvalue weighted by atomic mass is 32.1. The number of thiazole rings is 1. The highest BCUT2D eigenvalue weighted by Gasteiger charge is 2.17. The van der Waals surface area contributed by atoms with Gasteiger partial charge >= 0.3 is 0 Å². The van der Waals surface area contributed by atoms with Crippen LogP contribution in [-0.4, -0.2) is 34.5 Å². The Morgan fingerprint density at radius 1 is 1.29 bits per heavy atom. The van der Waals surface area contributed by atoms with E-state index in [-0.39, 0.29) is 12.0 Å². The van der Waals surface area contributed by atoms with Gasteiger partial charge in [0, 0.05) is 30.5 Å². The molecule has 1 fully saturated rings. The van der Waals surface area contributed by atoms with Crippen LogP contribution in [0.4, 0.5) is 0 Å². The van der Waals surface area contributed by atoms with Gasteiger partial charge in [-0.15, -0.1) is 0 Å². The fraction of sp³-hybridized carbons (Fsp3) is 0.273. The number of rotatable bonds is 4. The third kappa shape index (κ3) is 3.19. The van der Waals surface area contributed by atoms with Gasteiger partial charge in [-0.25, -0.2) is 4.98 Å². The van der Waals surface area contributed by atoms with Crippen molar-refractivity contribution >= 4 is 32.4 Å². The van der Waals surface area contributed by atoms with Gasteiger partial charge in [0.1, 0.15) is 0 Å². The molecule has 0 bridgehead atoms. The number of fused-ring (bicyclic) bond motifs is 3. The van der Waals surface area contributed by atoms with Crippen molar-refractivity contribution < 1.29 is 9.53 Å². The van der Waals surface area contributed by atoms with E-state index in [9.17, 15) is 4.79 Å². The van der Waals surface area contributed by atoms with E-state index >= 15 is 0 Å². The summed E-state index contributed by atoms with van der Waals surface area (Å²) in [5.41, 5.74) is 5.06. The Morgan fingerprint density at radius 3 is 2.93 bits per heavy atom. The molecule has 1 unspecified atom stereocenters. The first-order chi connectivity index (χ1) is 13.7. The zero-order valence-electron chi connectivity index (χ0n) is 15.6. The van der Waals surface area contributed by atoms with Crippen molar-refractivity contribution in [3.8, 4) is 11.3 Å². The maximum atomic E-state index is 12.5. The molecule has 1 N–H and O–H groups in total. The molecule has 0 aliphatic carbocycles. The largest absolute Gasteiger partial charge is 0.376 e.